The third-order valence-electron chi connectivity index (χ3n) is 3.29. The molecule has 0 saturated carbocycles. The molecule has 1 saturated heterocycles. The molecular formula is C12H25NOS. The predicted octanol–water partition coefficient (Wildman–Crippen LogP) is 2.27. The summed E-state index contributed by atoms with van der Waals surface area (Å²) < 4.78 is 11.2. The molecule has 2 nitrogen and oxygen atoms in total. The van der Waals surface area contributed by atoms with Crippen LogP contribution >= 0.6 is 0 Å². The molecule has 1 fully saturated rings. The zero-order valence-corrected chi connectivity index (χ0v) is 11.0. The molecule has 0 N–H and O–H groups in total. The maximum Gasteiger partial charge on any atom is 0.105 e. The molecule has 90 valence electrons. The summed E-state index contributed by atoms with van der Waals surface area (Å²) in [5.41, 5.74) is 0. The second-order valence-electron chi connectivity index (χ2n) is 4.66. The smallest absolute Gasteiger partial charge is 0.105 e. The van der Waals surface area contributed by atoms with Gasteiger partial charge in [-0.1, -0.05) is 18.1 Å². The van der Waals surface area contributed by atoms with E-state index in [0.29, 0.717) is 0 Å². The highest BCUT2D eigenvalue weighted by Crippen LogP contribution is 2.16. The largest absolute Gasteiger partial charge is 0.616 e. The summed E-state index contributed by atoms with van der Waals surface area (Å²) in [6.07, 6.45) is 5.08. The molecule has 0 radical (unpaired) electrons. The van der Waals surface area contributed by atoms with Crippen LogP contribution in [0, 0.1) is 5.92 Å². The molecule has 1 aliphatic heterocycles. The van der Waals surface area contributed by atoms with Crippen molar-refractivity contribution in [3.63, 3.8) is 0 Å². The minimum Gasteiger partial charge on any atom is -0.616 e. The normalized spacial score (nSPS) is 21.8. The Morgan fingerprint density at radius 2 is 1.93 bits per heavy atom. The monoisotopic (exact) mass is 231 g/mol. The van der Waals surface area contributed by atoms with E-state index >= 15 is 0 Å². The molecule has 1 unspecified atom stereocenters. The topological polar surface area (TPSA) is 26.3 Å². The lowest BCUT2D eigenvalue weighted by Gasteiger charge is -2.30. The van der Waals surface area contributed by atoms with Crippen LogP contribution in [-0.2, 0) is 11.2 Å². The Labute approximate surface area is 97.6 Å². The molecule has 1 atom stereocenters. The summed E-state index contributed by atoms with van der Waals surface area (Å²) >= 11 is -0.558. The second kappa shape index (κ2) is 7.53. The Kier molecular flexibility index (Phi) is 6.69. The lowest BCUT2D eigenvalue weighted by atomic mass is 9.99. The number of hydrogen-bond acceptors (Lipinski definition) is 2. The van der Waals surface area contributed by atoms with E-state index in [9.17, 15) is 4.55 Å². The van der Waals surface area contributed by atoms with Crippen LogP contribution in [0.25, 0.3) is 0 Å². The molecular weight excluding hydrogens is 206 g/mol. The van der Waals surface area contributed by atoms with E-state index < -0.39 is 11.2 Å². The summed E-state index contributed by atoms with van der Waals surface area (Å²) in [4.78, 5) is 2.56. The van der Waals surface area contributed by atoms with Crippen molar-refractivity contribution in [1.82, 2.24) is 4.90 Å². The van der Waals surface area contributed by atoms with Crippen molar-refractivity contribution in [2.24, 2.45) is 5.92 Å². The van der Waals surface area contributed by atoms with E-state index in [1.807, 2.05) is 6.92 Å². The first-order chi connectivity index (χ1) is 7.22. The van der Waals surface area contributed by atoms with Gasteiger partial charge in [-0.3, -0.25) is 0 Å². The molecule has 0 bridgehead atoms. The van der Waals surface area contributed by atoms with E-state index in [2.05, 4.69) is 11.8 Å². The van der Waals surface area contributed by atoms with Gasteiger partial charge in [0.15, 0.2) is 0 Å². The van der Waals surface area contributed by atoms with E-state index in [-0.39, 0.29) is 0 Å². The van der Waals surface area contributed by atoms with E-state index in [1.165, 1.54) is 38.9 Å². The van der Waals surface area contributed by atoms with Crippen molar-refractivity contribution in [2.75, 3.05) is 31.1 Å². The van der Waals surface area contributed by atoms with Gasteiger partial charge < -0.3 is 9.45 Å². The molecule has 0 aromatic carbocycles. The lowest BCUT2D eigenvalue weighted by molar-refractivity contribution is 0.190. The maximum absolute atomic E-state index is 11.2. The Hall–Kier alpha value is 0.270. The Balaban J connectivity index is 1.96. The summed E-state index contributed by atoms with van der Waals surface area (Å²) in [6.45, 7) is 8.12. The van der Waals surface area contributed by atoms with Gasteiger partial charge in [0.25, 0.3) is 0 Å². The van der Waals surface area contributed by atoms with Gasteiger partial charge >= 0.3 is 0 Å². The minimum atomic E-state index is -0.558. The highest BCUT2D eigenvalue weighted by atomic mass is 32.2. The van der Waals surface area contributed by atoms with Crippen LogP contribution in [0.4, 0.5) is 0 Å². The van der Waals surface area contributed by atoms with Crippen LogP contribution < -0.4 is 0 Å². The van der Waals surface area contributed by atoms with Gasteiger partial charge in [0, 0.05) is 0 Å². The Bertz CT molecular complexity index is 158. The van der Waals surface area contributed by atoms with Crippen molar-refractivity contribution in [2.45, 2.75) is 39.5 Å². The van der Waals surface area contributed by atoms with Gasteiger partial charge in [-0.05, 0) is 58.2 Å². The fraction of sp³-hybridized carbons (Fsp3) is 1.00. The molecule has 15 heavy (non-hydrogen) atoms. The molecule has 1 rings (SSSR count). The number of piperidine rings is 1. The van der Waals surface area contributed by atoms with Crippen LogP contribution in [0.3, 0.4) is 0 Å². The summed E-state index contributed by atoms with van der Waals surface area (Å²) in [7, 11) is 0. The van der Waals surface area contributed by atoms with Gasteiger partial charge in [-0.2, -0.15) is 0 Å². The van der Waals surface area contributed by atoms with Crippen molar-refractivity contribution in [1.29, 1.82) is 0 Å². The van der Waals surface area contributed by atoms with Crippen molar-refractivity contribution in [3.8, 4) is 0 Å². The van der Waals surface area contributed by atoms with Crippen molar-refractivity contribution < 1.29 is 4.55 Å². The third-order valence-corrected chi connectivity index (χ3v) is 4.68. The van der Waals surface area contributed by atoms with Crippen LogP contribution in [0.1, 0.15) is 39.5 Å². The number of unbranched alkanes of at least 4 members (excludes halogenated alkanes) is 1. The van der Waals surface area contributed by atoms with E-state index in [1.54, 1.807) is 0 Å². The van der Waals surface area contributed by atoms with Gasteiger partial charge in [-0.15, -0.1) is 0 Å². The molecule has 1 aliphatic rings. The van der Waals surface area contributed by atoms with E-state index in [0.717, 1.165) is 23.8 Å². The van der Waals surface area contributed by atoms with Gasteiger partial charge in [0.2, 0.25) is 0 Å². The van der Waals surface area contributed by atoms with E-state index in [4.69, 9.17) is 0 Å². The molecule has 1 heterocycles. The first-order valence-electron chi connectivity index (χ1n) is 6.29. The second-order valence-corrected chi connectivity index (χ2v) is 6.53. The molecule has 0 aromatic heterocycles. The van der Waals surface area contributed by atoms with Crippen LogP contribution in [0.2, 0.25) is 0 Å². The van der Waals surface area contributed by atoms with Gasteiger partial charge in [0.1, 0.15) is 11.5 Å². The zero-order valence-electron chi connectivity index (χ0n) is 10.2. The standard InChI is InChI=1S/C12H25NOS/c1-3-15(14)11-5-4-8-13-9-6-12(2)7-10-13/h12H,3-11H2,1-2H3. The fourth-order valence-electron chi connectivity index (χ4n) is 2.03. The lowest BCUT2D eigenvalue weighted by Crippen LogP contribution is -2.33. The Morgan fingerprint density at radius 3 is 2.53 bits per heavy atom. The molecule has 0 aliphatic carbocycles. The SMILES string of the molecule is CC[S+]([O-])CCCCN1CCC(C)CC1. The zero-order chi connectivity index (χ0) is 11.1. The highest BCUT2D eigenvalue weighted by Gasteiger charge is 2.14. The number of likely N-dealkylation sites (tertiary alicyclic amines) is 1. The highest BCUT2D eigenvalue weighted by molar-refractivity contribution is 7.91. The summed E-state index contributed by atoms with van der Waals surface area (Å²) in [5, 5.41) is 0. The average Bonchev–Trinajstić information content (AvgIpc) is 2.26. The van der Waals surface area contributed by atoms with Crippen LogP contribution in [0.15, 0.2) is 0 Å². The van der Waals surface area contributed by atoms with Crippen molar-refractivity contribution >= 4 is 11.2 Å². The first kappa shape index (κ1) is 13.3. The van der Waals surface area contributed by atoms with Gasteiger partial charge in [-0.25, -0.2) is 0 Å². The summed E-state index contributed by atoms with van der Waals surface area (Å²) in [6, 6.07) is 0. The third kappa shape index (κ3) is 5.79. The van der Waals surface area contributed by atoms with Crippen molar-refractivity contribution in [3.05, 3.63) is 0 Å². The first-order valence-corrected chi connectivity index (χ1v) is 7.78. The number of rotatable bonds is 6. The number of nitrogens with zero attached hydrogens (tertiary/aromatic N) is 1. The number of hydrogen-bond donors (Lipinski definition) is 0. The van der Waals surface area contributed by atoms with Crippen LogP contribution in [-0.4, -0.2) is 40.6 Å². The Morgan fingerprint density at radius 1 is 1.27 bits per heavy atom. The predicted molar refractivity (Wildman–Crippen MR) is 67.6 cm³/mol. The fourth-order valence-corrected chi connectivity index (χ4v) is 2.84. The molecule has 3 heteroatoms. The summed E-state index contributed by atoms with van der Waals surface area (Å²) in [5.74, 6) is 2.65. The van der Waals surface area contributed by atoms with Gasteiger partial charge in [0.05, 0.1) is 0 Å². The molecule has 0 spiro atoms. The van der Waals surface area contributed by atoms with Crippen LogP contribution in [0.5, 0.6) is 0 Å². The quantitative estimate of drug-likeness (QED) is 0.518. The molecule has 0 aromatic rings. The molecule has 0 amide bonds. The average molecular weight is 231 g/mol. The maximum atomic E-state index is 11.2. The minimum absolute atomic E-state index is 0.558.